The van der Waals surface area contributed by atoms with Gasteiger partial charge in [-0.05, 0) is 13.3 Å². The fourth-order valence-corrected chi connectivity index (χ4v) is 2.10. The summed E-state index contributed by atoms with van der Waals surface area (Å²) in [6, 6.07) is 0. The molecule has 0 aliphatic rings. The average molecular weight is 288 g/mol. The van der Waals surface area contributed by atoms with Crippen LogP contribution in [0.4, 0.5) is 0 Å². The molecule has 19 heavy (non-hydrogen) atoms. The molecule has 0 aliphatic carbocycles. The lowest BCUT2D eigenvalue weighted by Gasteiger charge is -2.19. The lowest BCUT2D eigenvalue weighted by molar-refractivity contribution is -0.205. The summed E-state index contributed by atoms with van der Waals surface area (Å²) in [6.07, 6.45) is 1.16. The minimum Gasteiger partial charge on any atom is -0.464 e. The number of hydrogen-bond acceptors (Lipinski definition) is 5. The van der Waals surface area contributed by atoms with Crippen LogP contribution in [-0.4, -0.2) is 39.5 Å². The molecular weight excluding hydrogens is 264 g/mol. The molecule has 0 aliphatic heterocycles. The van der Waals surface area contributed by atoms with Crippen LogP contribution in [0.5, 0.6) is 0 Å². The number of rotatable bonds is 7. The van der Waals surface area contributed by atoms with Gasteiger partial charge in [0.15, 0.2) is 0 Å². The Labute approximate surface area is 115 Å². The summed E-state index contributed by atoms with van der Waals surface area (Å²) >= 11 is 0. The summed E-state index contributed by atoms with van der Waals surface area (Å²) in [6.45, 7) is 9.71. The lowest BCUT2D eigenvalue weighted by Crippen LogP contribution is -2.33. The number of carbonyl (C=O) groups excluding carboxylic acids is 2. The Balaban J connectivity index is 4.38. The van der Waals surface area contributed by atoms with Crippen molar-refractivity contribution in [2.75, 3.05) is 7.11 Å². The first-order valence-electron chi connectivity index (χ1n) is 6.24. The molecule has 0 fully saturated rings. The molecule has 6 heteroatoms. The van der Waals surface area contributed by atoms with Gasteiger partial charge in [-0.3, -0.25) is 4.79 Å². The van der Waals surface area contributed by atoms with Crippen LogP contribution in [0, 0.1) is 0 Å². The lowest BCUT2D eigenvalue weighted by atomic mass is 10.3. The Morgan fingerprint density at radius 3 is 2.26 bits per heavy atom. The minimum atomic E-state index is -1.29. The first-order chi connectivity index (χ1) is 8.65. The second-order valence-corrected chi connectivity index (χ2v) is 10.5. The summed E-state index contributed by atoms with van der Waals surface area (Å²) in [5.41, 5.74) is 2.20. The number of hydrogen-bond donors (Lipinski definition) is 0. The van der Waals surface area contributed by atoms with E-state index in [0.29, 0.717) is 6.42 Å². The molecule has 2 unspecified atom stereocenters. The van der Waals surface area contributed by atoms with E-state index in [4.69, 9.17) is 9.47 Å². The van der Waals surface area contributed by atoms with Crippen molar-refractivity contribution in [3.8, 4) is 0 Å². The third kappa shape index (κ3) is 9.44. The maximum atomic E-state index is 11.4. The molecule has 0 N–H and O–H groups in total. The Morgan fingerprint density at radius 1 is 1.26 bits per heavy atom. The van der Waals surface area contributed by atoms with Gasteiger partial charge in [-0.25, -0.2) is 4.79 Å². The fraction of sp³-hybridized carbons (Fsp3) is 0.692. The molecule has 0 amide bonds. The van der Waals surface area contributed by atoms with Crippen molar-refractivity contribution in [2.24, 2.45) is 0 Å². The second-order valence-electron chi connectivity index (χ2n) is 5.42. The first kappa shape index (κ1) is 17.9. The van der Waals surface area contributed by atoms with Crippen molar-refractivity contribution in [3.05, 3.63) is 11.8 Å². The summed E-state index contributed by atoms with van der Waals surface area (Å²) in [5.74, 6) is -1.29. The topological polar surface area (TPSA) is 61.8 Å². The minimum absolute atomic E-state index is 0.240. The summed E-state index contributed by atoms with van der Waals surface area (Å²) in [4.78, 5) is 22.3. The van der Waals surface area contributed by atoms with Crippen LogP contribution in [0.3, 0.4) is 0 Å². The van der Waals surface area contributed by atoms with Crippen LogP contribution < -0.4 is 0 Å². The molecule has 0 saturated heterocycles. The second kappa shape index (κ2) is 8.11. The number of carbonyl (C=O) groups is 2. The summed E-state index contributed by atoms with van der Waals surface area (Å²) < 4.78 is 14.7. The van der Waals surface area contributed by atoms with Gasteiger partial charge in [0, 0.05) is 6.92 Å². The molecule has 0 aromatic carbocycles. The zero-order valence-electron chi connectivity index (χ0n) is 12.6. The highest BCUT2D eigenvalue weighted by molar-refractivity contribution is 6.80. The summed E-state index contributed by atoms with van der Waals surface area (Å²) in [7, 11) is -0.0118. The molecule has 2 atom stereocenters. The number of methoxy groups -OCH3 is 1. The van der Waals surface area contributed by atoms with Crippen LogP contribution in [0.15, 0.2) is 11.8 Å². The molecule has 0 rings (SSSR count). The van der Waals surface area contributed by atoms with Crippen LogP contribution in [-0.2, 0) is 23.8 Å². The highest BCUT2D eigenvalue weighted by atomic mass is 28.3. The monoisotopic (exact) mass is 288 g/mol. The zero-order chi connectivity index (χ0) is 15.1. The van der Waals surface area contributed by atoms with E-state index in [1.165, 1.54) is 14.0 Å². The highest BCUT2D eigenvalue weighted by Gasteiger charge is 2.25. The third-order valence-electron chi connectivity index (χ3n) is 2.11. The molecule has 0 radical (unpaired) electrons. The molecule has 110 valence electrons. The zero-order valence-corrected chi connectivity index (χ0v) is 13.6. The summed E-state index contributed by atoms with van der Waals surface area (Å²) in [5, 5.41) is 0. The number of esters is 2. The van der Waals surface area contributed by atoms with Crippen molar-refractivity contribution < 1.29 is 23.8 Å². The van der Waals surface area contributed by atoms with E-state index in [9.17, 15) is 9.59 Å². The van der Waals surface area contributed by atoms with Gasteiger partial charge >= 0.3 is 18.2 Å². The Kier molecular flexibility index (Phi) is 7.62. The van der Waals surface area contributed by atoms with Crippen LogP contribution in [0.25, 0.3) is 0 Å². The normalized spacial score (nSPS) is 15.1. The Bertz CT molecular complexity index is 332. The van der Waals surface area contributed by atoms with Gasteiger partial charge < -0.3 is 14.2 Å². The van der Waals surface area contributed by atoms with E-state index in [1.807, 2.05) is 13.0 Å². The van der Waals surface area contributed by atoms with Gasteiger partial charge in [0.1, 0.15) is 0 Å². The van der Waals surface area contributed by atoms with Gasteiger partial charge in [0.05, 0.1) is 21.3 Å². The Morgan fingerprint density at radius 2 is 1.84 bits per heavy atom. The molecular formula is C13H24O5Si. The maximum absolute atomic E-state index is 11.4. The predicted molar refractivity (Wildman–Crippen MR) is 75.2 cm³/mol. The van der Waals surface area contributed by atoms with Crippen molar-refractivity contribution in [1.82, 2.24) is 0 Å². The SMILES string of the molecule is COC(=O)C(OC(C)=O)OC(C)C/C=C/[Si](C)(C)C. The van der Waals surface area contributed by atoms with Crippen LogP contribution in [0.2, 0.25) is 19.6 Å². The van der Waals surface area contributed by atoms with E-state index in [2.05, 4.69) is 30.1 Å². The largest absolute Gasteiger partial charge is 0.464 e. The first-order valence-corrected chi connectivity index (χ1v) is 9.81. The van der Waals surface area contributed by atoms with E-state index >= 15 is 0 Å². The van der Waals surface area contributed by atoms with Crippen molar-refractivity contribution in [1.29, 1.82) is 0 Å². The molecule has 0 heterocycles. The maximum Gasteiger partial charge on any atom is 0.376 e. The van der Waals surface area contributed by atoms with Gasteiger partial charge in [-0.1, -0.05) is 31.4 Å². The van der Waals surface area contributed by atoms with Crippen LogP contribution >= 0.6 is 0 Å². The van der Waals surface area contributed by atoms with Gasteiger partial charge in [0.2, 0.25) is 0 Å². The van der Waals surface area contributed by atoms with E-state index < -0.39 is 26.3 Å². The van der Waals surface area contributed by atoms with E-state index in [0.717, 1.165) is 0 Å². The van der Waals surface area contributed by atoms with Crippen LogP contribution in [0.1, 0.15) is 20.3 Å². The fourth-order valence-electron chi connectivity index (χ4n) is 1.26. The molecule has 0 spiro atoms. The molecule has 0 aromatic heterocycles. The van der Waals surface area contributed by atoms with E-state index in [-0.39, 0.29) is 6.10 Å². The Hall–Kier alpha value is -1.14. The average Bonchev–Trinajstić information content (AvgIpc) is 2.24. The molecule has 0 saturated carbocycles. The molecule has 5 nitrogen and oxygen atoms in total. The van der Waals surface area contributed by atoms with Gasteiger partial charge in [-0.15, -0.1) is 0 Å². The van der Waals surface area contributed by atoms with E-state index in [1.54, 1.807) is 0 Å². The molecule has 0 bridgehead atoms. The highest BCUT2D eigenvalue weighted by Crippen LogP contribution is 2.09. The smallest absolute Gasteiger partial charge is 0.376 e. The van der Waals surface area contributed by atoms with Crippen molar-refractivity contribution in [2.45, 2.75) is 52.3 Å². The predicted octanol–water partition coefficient (Wildman–Crippen LogP) is 2.28. The third-order valence-corrected chi connectivity index (χ3v) is 3.34. The van der Waals surface area contributed by atoms with Crippen molar-refractivity contribution >= 4 is 20.0 Å². The van der Waals surface area contributed by atoms with Gasteiger partial charge in [0.25, 0.3) is 0 Å². The molecule has 0 aromatic rings. The standard InChI is InChI=1S/C13H24O5Si/c1-10(8-7-9-19(4,5)6)17-13(12(15)16-3)18-11(2)14/h7,9-10,13H,8H2,1-6H3/b9-7+. The van der Waals surface area contributed by atoms with Gasteiger partial charge in [-0.2, -0.15) is 0 Å². The quantitative estimate of drug-likeness (QED) is 0.408. The van der Waals surface area contributed by atoms with Crippen molar-refractivity contribution in [3.63, 3.8) is 0 Å². The number of ether oxygens (including phenoxy) is 3.